The Balaban J connectivity index is 2.15. The van der Waals surface area contributed by atoms with Crippen LogP contribution >= 0.6 is 0 Å². The van der Waals surface area contributed by atoms with Crippen molar-refractivity contribution < 1.29 is 4.79 Å². The molecule has 0 unspecified atom stereocenters. The molecule has 2 atom stereocenters. The van der Waals surface area contributed by atoms with Crippen molar-refractivity contribution in [3.8, 4) is 6.07 Å². The van der Waals surface area contributed by atoms with Crippen LogP contribution in [0.15, 0.2) is 24.3 Å². The number of carbonyl (C=O) groups is 1. The first kappa shape index (κ1) is 13.6. The molecule has 4 heteroatoms. The second kappa shape index (κ2) is 5.85. The number of amides is 1. The van der Waals surface area contributed by atoms with Gasteiger partial charge in [-0.15, -0.1) is 0 Å². The topological polar surface area (TPSA) is 70.1 Å². The predicted octanol–water partition coefficient (Wildman–Crippen LogP) is 1.76. The number of hydrogen-bond acceptors (Lipinski definition) is 3. The van der Waals surface area contributed by atoms with E-state index in [9.17, 15) is 4.79 Å². The summed E-state index contributed by atoms with van der Waals surface area (Å²) in [5, 5.41) is 9.05. The molecule has 0 spiro atoms. The lowest BCUT2D eigenvalue weighted by Crippen LogP contribution is -2.32. The molecule has 2 rings (SSSR count). The van der Waals surface area contributed by atoms with Crippen LogP contribution in [0, 0.1) is 17.2 Å². The average Bonchev–Trinajstić information content (AvgIpc) is 2.80. The van der Waals surface area contributed by atoms with Crippen molar-refractivity contribution in [3.63, 3.8) is 0 Å². The van der Waals surface area contributed by atoms with E-state index < -0.39 is 0 Å². The fraction of sp³-hybridized carbons (Fsp3) is 0.467. The zero-order chi connectivity index (χ0) is 13.8. The van der Waals surface area contributed by atoms with E-state index in [1.165, 1.54) is 0 Å². The third-order valence-electron chi connectivity index (χ3n) is 3.72. The second-order valence-electron chi connectivity index (χ2n) is 5.08. The van der Waals surface area contributed by atoms with Crippen molar-refractivity contribution in [2.75, 3.05) is 13.1 Å². The molecular weight excluding hydrogens is 238 g/mol. The normalized spacial score (nSPS) is 22.3. The van der Waals surface area contributed by atoms with Crippen LogP contribution in [0.25, 0.3) is 0 Å². The Kier molecular flexibility index (Phi) is 4.18. The van der Waals surface area contributed by atoms with Gasteiger partial charge in [-0.3, -0.25) is 4.79 Å². The Morgan fingerprint density at radius 1 is 1.47 bits per heavy atom. The summed E-state index contributed by atoms with van der Waals surface area (Å²) >= 11 is 0. The van der Waals surface area contributed by atoms with Crippen molar-refractivity contribution in [2.45, 2.75) is 25.8 Å². The van der Waals surface area contributed by atoms with Crippen LogP contribution in [0.2, 0.25) is 0 Å². The van der Waals surface area contributed by atoms with Crippen LogP contribution in [-0.2, 0) is 0 Å². The molecule has 0 bridgehead atoms. The molecule has 1 aromatic rings. The van der Waals surface area contributed by atoms with E-state index in [2.05, 4.69) is 13.0 Å². The predicted molar refractivity (Wildman–Crippen MR) is 73.4 cm³/mol. The van der Waals surface area contributed by atoms with Crippen LogP contribution in [0.3, 0.4) is 0 Å². The van der Waals surface area contributed by atoms with Crippen molar-refractivity contribution >= 4 is 5.91 Å². The molecule has 4 nitrogen and oxygen atoms in total. The molecule has 1 aliphatic heterocycles. The first-order chi connectivity index (χ1) is 9.17. The second-order valence-corrected chi connectivity index (χ2v) is 5.08. The van der Waals surface area contributed by atoms with Crippen LogP contribution in [0.4, 0.5) is 0 Å². The van der Waals surface area contributed by atoms with Gasteiger partial charge in [0.2, 0.25) is 0 Å². The third kappa shape index (κ3) is 2.77. The summed E-state index contributed by atoms with van der Waals surface area (Å²) in [6.07, 6.45) is 2.13. The van der Waals surface area contributed by atoms with Gasteiger partial charge in [0, 0.05) is 19.1 Å². The number of benzene rings is 1. The molecule has 0 radical (unpaired) electrons. The van der Waals surface area contributed by atoms with Crippen LogP contribution in [0.1, 0.15) is 35.7 Å². The van der Waals surface area contributed by atoms with E-state index in [0.717, 1.165) is 12.8 Å². The summed E-state index contributed by atoms with van der Waals surface area (Å²) < 4.78 is 0. The fourth-order valence-corrected chi connectivity index (χ4v) is 2.68. The van der Waals surface area contributed by atoms with Gasteiger partial charge in [0.15, 0.2) is 0 Å². The highest BCUT2D eigenvalue weighted by molar-refractivity contribution is 5.96. The maximum Gasteiger partial charge on any atom is 0.255 e. The highest BCUT2D eigenvalue weighted by Crippen LogP contribution is 2.22. The number of nitriles is 1. The number of carbonyl (C=O) groups excluding carboxylic acids is 1. The van der Waals surface area contributed by atoms with Crippen LogP contribution in [0.5, 0.6) is 0 Å². The Morgan fingerprint density at radius 2 is 2.21 bits per heavy atom. The average molecular weight is 257 g/mol. The van der Waals surface area contributed by atoms with E-state index in [0.29, 0.717) is 30.1 Å². The monoisotopic (exact) mass is 257 g/mol. The van der Waals surface area contributed by atoms with Gasteiger partial charge in [-0.2, -0.15) is 5.26 Å². The van der Waals surface area contributed by atoms with Crippen molar-refractivity contribution in [1.29, 1.82) is 5.26 Å². The Bertz CT molecular complexity index is 506. The Morgan fingerprint density at radius 3 is 2.89 bits per heavy atom. The van der Waals surface area contributed by atoms with Gasteiger partial charge in [0.05, 0.1) is 17.2 Å². The summed E-state index contributed by atoms with van der Waals surface area (Å²) in [6.45, 7) is 3.42. The lowest BCUT2D eigenvalue weighted by molar-refractivity contribution is 0.0785. The molecule has 0 saturated carbocycles. The molecule has 2 N–H and O–H groups in total. The Hall–Kier alpha value is -1.86. The fourth-order valence-electron chi connectivity index (χ4n) is 2.68. The van der Waals surface area contributed by atoms with E-state index in [1.807, 2.05) is 0 Å². The first-order valence-electron chi connectivity index (χ1n) is 6.71. The highest BCUT2D eigenvalue weighted by atomic mass is 16.2. The quantitative estimate of drug-likeness (QED) is 0.897. The summed E-state index contributed by atoms with van der Waals surface area (Å²) in [4.78, 5) is 14.2. The molecular formula is C15H19N3O. The molecule has 1 amide bonds. The molecule has 19 heavy (non-hydrogen) atoms. The molecule has 1 aromatic carbocycles. The lowest BCUT2D eigenvalue weighted by atomic mass is 9.99. The van der Waals surface area contributed by atoms with Gasteiger partial charge in [-0.1, -0.05) is 25.5 Å². The van der Waals surface area contributed by atoms with Crippen molar-refractivity contribution in [3.05, 3.63) is 35.4 Å². The van der Waals surface area contributed by atoms with Crippen molar-refractivity contribution in [1.82, 2.24) is 4.90 Å². The van der Waals surface area contributed by atoms with E-state index >= 15 is 0 Å². The smallest absolute Gasteiger partial charge is 0.255 e. The minimum Gasteiger partial charge on any atom is -0.337 e. The molecule has 100 valence electrons. The molecule has 0 aromatic heterocycles. The number of nitrogens with two attached hydrogens (primary N) is 1. The Labute approximate surface area is 113 Å². The molecule has 1 saturated heterocycles. The zero-order valence-corrected chi connectivity index (χ0v) is 11.2. The van der Waals surface area contributed by atoms with Gasteiger partial charge in [-0.25, -0.2) is 0 Å². The minimum atomic E-state index is -0.0776. The molecule has 1 fully saturated rings. The molecule has 1 heterocycles. The number of nitrogens with zero attached hydrogens (tertiary/aromatic N) is 2. The maximum absolute atomic E-state index is 12.4. The maximum atomic E-state index is 12.4. The van der Waals surface area contributed by atoms with Crippen LogP contribution < -0.4 is 5.73 Å². The molecule has 1 aliphatic rings. The lowest BCUT2D eigenvalue weighted by Gasteiger charge is -2.16. The number of likely N-dealkylation sites (tertiary alicyclic amines) is 1. The summed E-state index contributed by atoms with van der Waals surface area (Å²) in [5.41, 5.74) is 6.99. The van der Waals surface area contributed by atoms with Gasteiger partial charge < -0.3 is 10.6 Å². The third-order valence-corrected chi connectivity index (χ3v) is 3.72. The standard InChI is InChI=1S/C15H19N3O/c1-2-5-12-9-18(10-14(12)17)15(19)13-7-4-3-6-11(13)8-16/h3-4,6-7,12,14H,2,5,9-10,17H2,1H3/t12-,14-/m1/s1. The largest absolute Gasteiger partial charge is 0.337 e. The highest BCUT2D eigenvalue weighted by Gasteiger charge is 2.33. The van der Waals surface area contributed by atoms with E-state index in [-0.39, 0.29) is 11.9 Å². The first-order valence-corrected chi connectivity index (χ1v) is 6.71. The van der Waals surface area contributed by atoms with E-state index in [1.54, 1.807) is 29.2 Å². The summed E-state index contributed by atoms with van der Waals surface area (Å²) in [7, 11) is 0. The number of hydrogen-bond donors (Lipinski definition) is 1. The van der Waals surface area contributed by atoms with Gasteiger partial charge in [0.1, 0.15) is 0 Å². The molecule has 0 aliphatic carbocycles. The van der Waals surface area contributed by atoms with Gasteiger partial charge >= 0.3 is 0 Å². The summed E-state index contributed by atoms with van der Waals surface area (Å²) in [5.74, 6) is 0.300. The van der Waals surface area contributed by atoms with Crippen molar-refractivity contribution in [2.24, 2.45) is 11.7 Å². The van der Waals surface area contributed by atoms with Crippen LogP contribution in [-0.4, -0.2) is 29.9 Å². The number of rotatable bonds is 3. The summed E-state index contributed by atoms with van der Waals surface area (Å²) in [6, 6.07) is 9.06. The zero-order valence-electron chi connectivity index (χ0n) is 11.2. The minimum absolute atomic E-state index is 0.0538. The van der Waals surface area contributed by atoms with Gasteiger partial charge in [0.25, 0.3) is 5.91 Å². The van der Waals surface area contributed by atoms with E-state index in [4.69, 9.17) is 11.0 Å². The van der Waals surface area contributed by atoms with Gasteiger partial charge in [-0.05, 0) is 24.5 Å². The SMILES string of the molecule is CCC[C@@H]1CN(C(=O)c2ccccc2C#N)C[C@H]1N.